The van der Waals surface area contributed by atoms with E-state index in [9.17, 15) is 5.11 Å². The number of hydrogen-bond acceptors (Lipinski definition) is 2. The van der Waals surface area contributed by atoms with Crippen LogP contribution in [0.1, 0.15) is 12.0 Å². The summed E-state index contributed by atoms with van der Waals surface area (Å²) in [6.45, 7) is 0.136. The second kappa shape index (κ2) is 3.95. The Labute approximate surface area is 98.4 Å². The third-order valence-corrected chi connectivity index (χ3v) is 3.97. The largest absolute Gasteiger partial charge is 0.396 e. The van der Waals surface area contributed by atoms with Crippen LogP contribution in [0.2, 0.25) is 10.0 Å². The molecular weight excluding hydrogens is 235 g/mol. The van der Waals surface area contributed by atoms with Gasteiger partial charge < -0.3 is 10.2 Å². The van der Waals surface area contributed by atoms with Crippen LogP contribution in [0.25, 0.3) is 0 Å². The third-order valence-electron chi connectivity index (χ3n) is 3.23. The molecule has 15 heavy (non-hydrogen) atoms. The molecule has 2 unspecified atom stereocenters. The summed E-state index contributed by atoms with van der Waals surface area (Å²) in [5.41, 5.74) is 0.654. The monoisotopic (exact) mass is 246 g/mol. The van der Waals surface area contributed by atoms with Crippen molar-refractivity contribution in [2.75, 3.05) is 13.2 Å². The Bertz CT molecular complexity index is 381. The topological polar surface area (TPSA) is 40.5 Å². The van der Waals surface area contributed by atoms with Gasteiger partial charge in [-0.25, -0.2) is 0 Å². The molecule has 1 aliphatic rings. The van der Waals surface area contributed by atoms with Crippen molar-refractivity contribution in [3.05, 3.63) is 33.8 Å². The van der Waals surface area contributed by atoms with Gasteiger partial charge in [0.05, 0.1) is 16.7 Å². The fourth-order valence-corrected chi connectivity index (χ4v) is 2.36. The first-order valence-electron chi connectivity index (χ1n) is 4.81. The van der Waals surface area contributed by atoms with E-state index in [1.807, 2.05) is 6.07 Å². The van der Waals surface area contributed by atoms with Crippen LogP contribution in [0.3, 0.4) is 0 Å². The minimum atomic E-state index is -0.303. The average Bonchev–Trinajstić information content (AvgIpc) is 2.97. The predicted molar refractivity (Wildman–Crippen MR) is 60.4 cm³/mol. The lowest BCUT2D eigenvalue weighted by atomic mass is 9.94. The van der Waals surface area contributed by atoms with E-state index in [1.165, 1.54) is 0 Å². The summed E-state index contributed by atoms with van der Waals surface area (Å²) in [5, 5.41) is 19.5. The van der Waals surface area contributed by atoms with Gasteiger partial charge in [0.1, 0.15) is 0 Å². The van der Waals surface area contributed by atoms with Crippen LogP contribution < -0.4 is 0 Å². The molecule has 0 spiro atoms. The van der Waals surface area contributed by atoms with Gasteiger partial charge in [-0.15, -0.1) is 0 Å². The summed E-state index contributed by atoms with van der Waals surface area (Å²) in [5.74, 6) is 0.139. The van der Waals surface area contributed by atoms with Crippen LogP contribution in [0.5, 0.6) is 0 Å². The number of aliphatic hydroxyl groups is 2. The van der Waals surface area contributed by atoms with Crippen molar-refractivity contribution < 1.29 is 10.2 Å². The molecule has 1 fully saturated rings. The highest BCUT2D eigenvalue weighted by atomic mass is 35.5. The highest BCUT2D eigenvalue weighted by molar-refractivity contribution is 6.42. The molecule has 2 atom stereocenters. The molecule has 0 bridgehead atoms. The Morgan fingerprint density at radius 3 is 2.47 bits per heavy atom. The minimum Gasteiger partial charge on any atom is -0.396 e. The van der Waals surface area contributed by atoms with Crippen LogP contribution >= 0.6 is 23.2 Å². The fourth-order valence-electron chi connectivity index (χ4n) is 2.06. The van der Waals surface area contributed by atoms with Gasteiger partial charge in [-0.1, -0.05) is 29.3 Å². The second-order valence-corrected chi connectivity index (χ2v) is 4.84. The van der Waals surface area contributed by atoms with Crippen LogP contribution in [-0.2, 0) is 5.41 Å². The van der Waals surface area contributed by atoms with Gasteiger partial charge in [0.2, 0.25) is 0 Å². The van der Waals surface area contributed by atoms with Crippen molar-refractivity contribution in [3.8, 4) is 0 Å². The Balaban J connectivity index is 2.33. The van der Waals surface area contributed by atoms with Crippen LogP contribution in [0.15, 0.2) is 18.2 Å². The molecule has 1 aromatic carbocycles. The third kappa shape index (κ3) is 1.76. The zero-order chi connectivity index (χ0) is 11.1. The molecule has 1 aromatic rings. The lowest BCUT2D eigenvalue weighted by molar-refractivity contribution is 0.213. The van der Waals surface area contributed by atoms with Crippen molar-refractivity contribution >= 4 is 23.2 Å². The molecule has 82 valence electrons. The van der Waals surface area contributed by atoms with Crippen molar-refractivity contribution in [1.29, 1.82) is 0 Å². The molecule has 0 aliphatic heterocycles. The standard InChI is InChI=1S/C11H12Cl2O2/c12-9-2-1-7(3-10(9)13)11(6-15)4-8(11)5-14/h1-3,8,14-15H,4-6H2. The first kappa shape index (κ1) is 11.2. The average molecular weight is 247 g/mol. The number of rotatable bonds is 3. The van der Waals surface area contributed by atoms with E-state index in [0.29, 0.717) is 10.0 Å². The van der Waals surface area contributed by atoms with E-state index in [0.717, 1.165) is 12.0 Å². The van der Waals surface area contributed by atoms with Gasteiger partial charge in [0.25, 0.3) is 0 Å². The first-order valence-corrected chi connectivity index (χ1v) is 5.57. The molecule has 0 radical (unpaired) electrons. The van der Waals surface area contributed by atoms with E-state index in [4.69, 9.17) is 28.3 Å². The van der Waals surface area contributed by atoms with Gasteiger partial charge in [-0.05, 0) is 30.0 Å². The van der Waals surface area contributed by atoms with E-state index in [1.54, 1.807) is 12.1 Å². The quantitative estimate of drug-likeness (QED) is 0.859. The summed E-state index contributed by atoms with van der Waals surface area (Å²) >= 11 is 11.7. The van der Waals surface area contributed by atoms with E-state index < -0.39 is 0 Å². The minimum absolute atomic E-state index is 0.0379. The zero-order valence-electron chi connectivity index (χ0n) is 8.08. The van der Waals surface area contributed by atoms with Gasteiger partial charge in [-0.2, -0.15) is 0 Å². The second-order valence-electron chi connectivity index (χ2n) is 4.03. The molecular formula is C11H12Cl2O2. The maximum absolute atomic E-state index is 9.38. The van der Waals surface area contributed by atoms with Gasteiger partial charge >= 0.3 is 0 Å². The van der Waals surface area contributed by atoms with Crippen molar-refractivity contribution in [3.63, 3.8) is 0 Å². The molecule has 1 aliphatic carbocycles. The Morgan fingerprint density at radius 1 is 1.27 bits per heavy atom. The highest BCUT2D eigenvalue weighted by Crippen LogP contribution is 2.54. The lowest BCUT2D eigenvalue weighted by Gasteiger charge is -2.15. The van der Waals surface area contributed by atoms with Crippen LogP contribution in [0, 0.1) is 5.92 Å². The summed E-state index contributed by atoms with van der Waals surface area (Å²) in [4.78, 5) is 0. The van der Waals surface area contributed by atoms with Crippen LogP contribution in [-0.4, -0.2) is 23.4 Å². The van der Waals surface area contributed by atoms with Crippen molar-refractivity contribution in [1.82, 2.24) is 0 Å². The first-order chi connectivity index (χ1) is 7.14. The number of benzene rings is 1. The predicted octanol–water partition coefficient (Wildman–Crippen LogP) is 2.24. The van der Waals surface area contributed by atoms with Gasteiger partial charge in [0.15, 0.2) is 0 Å². The van der Waals surface area contributed by atoms with Crippen molar-refractivity contribution in [2.24, 2.45) is 5.92 Å². The number of hydrogen-bond donors (Lipinski definition) is 2. The summed E-state index contributed by atoms with van der Waals surface area (Å²) < 4.78 is 0. The molecule has 4 heteroatoms. The van der Waals surface area contributed by atoms with E-state index in [-0.39, 0.29) is 24.5 Å². The smallest absolute Gasteiger partial charge is 0.0595 e. The Hall–Kier alpha value is -0.280. The Kier molecular flexibility index (Phi) is 2.95. The summed E-state index contributed by atoms with van der Waals surface area (Å²) in [6.07, 6.45) is 0.804. The SMILES string of the molecule is OCC1CC1(CO)c1ccc(Cl)c(Cl)c1. The normalized spacial score (nSPS) is 29.2. The molecule has 0 heterocycles. The zero-order valence-corrected chi connectivity index (χ0v) is 9.59. The molecule has 0 aromatic heterocycles. The van der Waals surface area contributed by atoms with Gasteiger partial charge in [0, 0.05) is 12.0 Å². The molecule has 2 N–H and O–H groups in total. The summed E-state index contributed by atoms with van der Waals surface area (Å²) in [6, 6.07) is 5.36. The Morgan fingerprint density at radius 2 is 2.00 bits per heavy atom. The van der Waals surface area contributed by atoms with E-state index in [2.05, 4.69) is 0 Å². The van der Waals surface area contributed by atoms with E-state index >= 15 is 0 Å². The molecule has 2 nitrogen and oxygen atoms in total. The van der Waals surface area contributed by atoms with Gasteiger partial charge in [-0.3, -0.25) is 0 Å². The summed E-state index contributed by atoms with van der Waals surface area (Å²) in [7, 11) is 0. The number of halogens is 2. The fraction of sp³-hybridized carbons (Fsp3) is 0.455. The van der Waals surface area contributed by atoms with Crippen molar-refractivity contribution in [2.45, 2.75) is 11.8 Å². The molecule has 1 saturated carbocycles. The number of aliphatic hydroxyl groups excluding tert-OH is 2. The molecule has 0 saturated heterocycles. The maximum Gasteiger partial charge on any atom is 0.0595 e. The van der Waals surface area contributed by atoms with Crippen LogP contribution in [0.4, 0.5) is 0 Å². The molecule has 0 amide bonds. The maximum atomic E-state index is 9.38. The molecule has 2 rings (SSSR count). The lowest BCUT2D eigenvalue weighted by Crippen LogP contribution is -2.17. The highest BCUT2D eigenvalue weighted by Gasteiger charge is 2.54.